The molecule has 0 atom stereocenters. The second-order valence-corrected chi connectivity index (χ2v) is 11.5. The first-order chi connectivity index (χ1) is 21.5. The molecule has 5 aromatic rings. The van der Waals surface area contributed by atoms with Crippen molar-refractivity contribution >= 4 is 22.0 Å². The Balaban J connectivity index is 0.000000510. The molecule has 45 heavy (non-hydrogen) atoms. The number of hydrogen-bond acceptors (Lipinski definition) is 6. The number of aliphatic carboxylic acids is 2. The average Bonchev–Trinajstić information content (AvgIpc) is 3.65. The van der Waals surface area contributed by atoms with Gasteiger partial charge in [-0.15, -0.1) is 0 Å². The normalized spacial score (nSPS) is 11.4. The molecule has 5 rings (SSSR count). The van der Waals surface area contributed by atoms with Crippen LogP contribution in [0, 0.1) is 11.6 Å². The van der Waals surface area contributed by atoms with Gasteiger partial charge in [0.25, 0.3) is 10.0 Å². The van der Waals surface area contributed by atoms with Crippen LogP contribution < -0.4 is 0 Å². The SMILES string of the molecule is CN(Cc1c[nH]c(-c2ccccc2F)c1)Cc1cc(-c2ccccc2F)n(S(=O)(=O)c2ccccn2)c1.O=C(O)/C=C/C(=O)O. The zero-order valence-corrected chi connectivity index (χ0v) is 24.7. The lowest BCUT2D eigenvalue weighted by molar-refractivity contribution is -0.134. The van der Waals surface area contributed by atoms with Gasteiger partial charge >= 0.3 is 11.9 Å². The fraction of sp³-hybridized carbons (Fsp3) is 0.0938. The van der Waals surface area contributed by atoms with Gasteiger partial charge in [-0.05, 0) is 66.7 Å². The number of hydrogen-bond donors (Lipinski definition) is 3. The van der Waals surface area contributed by atoms with Crippen molar-refractivity contribution in [2.24, 2.45) is 0 Å². The van der Waals surface area contributed by atoms with E-state index < -0.39 is 27.8 Å². The van der Waals surface area contributed by atoms with Crippen molar-refractivity contribution in [2.45, 2.75) is 18.1 Å². The van der Waals surface area contributed by atoms with E-state index in [2.05, 4.69) is 9.97 Å². The van der Waals surface area contributed by atoms with Crippen molar-refractivity contribution in [3.05, 3.63) is 132 Å². The number of H-pyrrole nitrogens is 1. The fourth-order valence-corrected chi connectivity index (χ4v) is 5.77. The minimum atomic E-state index is -4.06. The third kappa shape index (κ3) is 8.37. The van der Waals surface area contributed by atoms with Crippen LogP contribution in [0.4, 0.5) is 8.78 Å². The molecule has 0 unspecified atom stereocenters. The predicted molar refractivity (Wildman–Crippen MR) is 162 cm³/mol. The van der Waals surface area contributed by atoms with Gasteiger partial charge in [0.2, 0.25) is 0 Å². The molecule has 10 nitrogen and oxygen atoms in total. The first-order valence-electron chi connectivity index (χ1n) is 13.3. The molecule has 0 aliphatic carbocycles. The van der Waals surface area contributed by atoms with Gasteiger partial charge in [-0.25, -0.2) is 27.3 Å². The zero-order valence-electron chi connectivity index (χ0n) is 23.8. The predicted octanol–water partition coefficient (Wildman–Crippen LogP) is 5.40. The van der Waals surface area contributed by atoms with Crippen LogP contribution in [0.3, 0.4) is 0 Å². The highest BCUT2D eigenvalue weighted by Gasteiger charge is 2.24. The van der Waals surface area contributed by atoms with Gasteiger partial charge in [0, 0.05) is 60.7 Å². The molecule has 3 aromatic heterocycles. The van der Waals surface area contributed by atoms with Gasteiger partial charge in [-0.1, -0.05) is 30.3 Å². The summed E-state index contributed by atoms with van der Waals surface area (Å²) in [6.07, 6.45) is 5.84. The molecule has 0 saturated carbocycles. The van der Waals surface area contributed by atoms with Crippen molar-refractivity contribution in [2.75, 3.05) is 7.05 Å². The molecule has 0 bridgehead atoms. The molecule has 232 valence electrons. The highest BCUT2D eigenvalue weighted by atomic mass is 32.2. The maximum absolute atomic E-state index is 14.7. The Labute approximate surface area is 257 Å². The summed E-state index contributed by atoms with van der Waals surface area (Å²) in [7, 11) is -2.17. The monoisotopic (exact) mass is 634 g/mol. The van der Waals surface area contributed by atoms with Crippen LogP contribution in [-0.4, -0.2) is 56.5 Å². The van der Waals surface area contributed by atoms with E-state index in [1.165, 1.54) is 30.6 Å². The summed E-state index contributed by atoms with van der Waals surface area (Å²) in [5.74, 6) is -3.34. The number of pyridine rings is 1. The largest absolute Gasteiger partial charge is 0.478 e. The van der Waals surface area contributed by atoms with Crippen molar-refractivity contribution in [1.29, 1.82) is 0 Å². The van der Waals surface area contributed by atoms with Crippen molar-refractivity contribution in [3.63, 3.8) is 0 Å². The van der Waals surface area contributed by atoms with E-state index in [4.69, 9.17) is 10.2 Å². The standard InChI is InChI=1S/C28H24F2N4O2S.C4H4O4/c1-33(17-20-14-26(32-16-20)22-8-2-4-10-24(22)29)18-21-15-27(23-9-3-5-11-25(23)30)34(19-21)37(35,36)28-12-6-7-13-31-28;5-3(6)1-2-4(7)8/h2-16,19,32H,17-18H2,1H3;1-2H,(H,5,6)(H,7,8)/b;2-1+. The van der Waals surface area contributed by atoms with E-state index in [1.54, 1.807) is 54.6 Å². The Bertz CT molecular complexity index is 1920. The Morgan fingerprint density at radius 1 is 0.867 bits per heavy atom. The molecule has 0 aliphatic heterocycles. The van der Waals surface area contributed by atoms with Gasteiger partial charge in [-0.3, -0.25) is 4.90 Å². The van der Waals surface area contributed by atoms with E-state index in [-0.39, 0.29) is 22.1 Å². The first kappa shape index (κ1) is 32.5. The molecule has 0 aliphatic rings. The summed E-state index contributed by atoms with van der Waals surface area (Å²) >= 11 is 0. The van der Waals surface area contributed by atoms with Crippen molar-refractivity contribution < 1.29 is 37.0 Å². The minimum absolute atomic E-state index is 0.129. The summed E-state index contributed by atoms with van der Waals surface area (Å²) in [4.78, 5) is 28.2. The number of carboxylic acids is 2. The molecule has 0 spiro atoms. The molecule has 0 radical (unpaired) electrons. The van der Waals surface area contributed by atoms with Crippen LogP contribution in [-0.2, 0) is 32.7 Å². The van der Waals surface area contributed by atoms with Crippen LogP contribution in [0.25, 0.3) is 22.5 Å². The maximum Gasteiger partial charge on any atom is 0.328 e. The van der Waals surface area contributed by atoms with Crippen molar-refractivity contribution in [1.82, 2.24) is 18.8 Å². The number of aromatic nitrogens is 3. The Morgan fingerprint density at radius 3 is 2.02 bits per heavy atom. The van der Waals surface area contributed by atoms with E-state index in [0.29, 0.717) is 42.1 Å². The first-order valence-corrected chi connectivity index (χ1v) is 14.8. The van der Waals surface area contributed by atoms with Crippen LogP contribution in [0.5, 0.6) is 0 Å². The van der Waals surface area contributed by atoms with E-state index in [9.17, 15) is 26.8 Å². The number of halogens is 2. The van der Waals surface area contributed by atoms with Gasteiger partial charge in [0.05, 0.1) is 5.69 Å². The number of nitrogens with one attached hydrogen (secondary N) is 1. The highest BCUT2D eigenvalue weighted by Crippen LogP contribution is 2.29. The van der Waals surface area contributed by atoms with E-state index >= 15 is 0 Å². The van der Waals surface area contributed by atoms with Crippen LogP contribution in [0.1, 0.15) is 11.1 Å². The van der Waals surface area contributed by atoms with Gasteiger partial charge in [0.1, 0.15) is 11.6 Å². The topological polar surface area (TPSA) is 146 Å². The molecule has 0 saturated heterocycles. The fourth-order valence-electron chi connectivity index (χ4n) is 4.44. The van der Waals surface area contributed by atoms with Gasteiger partial charge < -0.3 is 15.2 Å². The number of carbonyl (C=O) groups is 2. The summed E-state index contributed by atoms with van der Waals surface area (Å²) in [6.45, 7) is 0.921. The summed E-state index contributed by atoms with van der Waals surface area (Å²) < 4.78 is 56.8. The Kier molecular flexibility index (Phi) is 10.4. The second kappa shape index (κ2) is 14.4. The number of nitrogens with zero attached hydrogens (tertiary/aromatic N) is 3. The van der Waals surface area contributed by atoms with E-state index in [0.717, 1.165) is 9.54 Å². The molecule has 13 heteroatoms. The molecule has 3 N–H and O–H groups in total. The molecule has 3 heterocycles. The highest BCUT2D eigenvalue weighted by molar-refractivity contribution is 7.90. The lowest BCUT2D eigenvalue weighted by Crippen LogP contribution is -2.17. The zero-order chi connectivity index (χ0) is 32.6. The number of rotatable bonds is 10. The van der Waals surface area contributed by atoms with Crippen LogP contribution >= 0.6 is 0 Å². The van der Waals surface area contributed by atoms with Crippen LogP contribution in [0.2, 0.25) is 0 Å². The maximum atomic E-state index is 14.7. The molecule has 0 amide bonds. The smallest absolute Gasteiger partial charge is 0.328 e. The molecular formula is C32H28F2N4O6S. The molecular weight excluding hydrogens is 606 g/mol. The third-order valence-corrected chi connectivity index (χ3v) is 7.92. The summed E-state index contributed by atoms with van der Waals surface area (Å²) in [5, 5.41) is 15.5. The number of carboxylic acid groups (broad SMARTS) is 2. The summed E-state index contributed by atoms with van der Waals surface area (Å²) in [6, 6.07) is 20.8. The lowest BCUT2D eigenvalue weighted by Gasteiger charge is -2.14. The Morgan fingerprint density at radius 2 is 1.44 bits per heavy atom. The van der Waals surface area contributed by atoms with Crippen LogP contribution in [0.15, 0.2) is 115 Å². The Hall–Kier alpha value is -5.40. The lowest BCUT2D eigenvalue weighted by atomic mass is 10.1. The quantitative estimate of drug-likeness (QED) is 0.173. The number of aromatic amines is 1. The number of benzene rings is 2. The minimum Gasteiger partial charge on any atom is -0.478 e. The third-order valence-electron chi connectivity index (χ3n) is 6.33. The summed E-state index contributed by atoms with van der Waals surface area (Å²) in [5.41, 5.74) is 3.19. The van der Waals surface area contributed by atoms with Gasteiger partial charge in [-0.2, -0.15) is 8.42 Å². The molecule has 2 aromatic carbocycles. The second-order valence-electron chi connectivity index (χ2n) is 9.77. The average molecular weight is 635 g/mol. The van der Waals surface area contributed by atoms with Gasteiger partial charge in [0.15, 0.2) is 5.03 Å². The van der Waals surface area contributed by atoms with E-state index in [1.807, 2.05) is 24.2 Å². The molecule has 0 fully saturated rings. The van der Waals surface area contributed by atoms with Crippen molar-refractivity contribution in [3.8, 4) is 22.5 Å².